The van der Waals surface area contributed by atoms with Crippen molar-refractivity contribution in [3.05, 3.63) is 46.6 Å². The van der Waals surface area contributed by atoms with Crippen molar-refractivity contribution in [2.75, 3.05) is 24.6 Å². The Morgan fingerprint density at radius 2 is 2.10 bits per heavy atom. The average Bonchev–Trinajstić information content (AvgIpc) is 3.37. The maximum absolute atomic E-state index is 12.9. The van der Waals surface area contributed by atoms with Crippen molar-refractivity contribution in [2.45, 2.75) is 18.9 Å². The second kappa shape index (κ2) is 7.11. The first-order valence-corrected chi connectivity index (χ1v) is 10.00. The first kappa shape index (κ1) is 19.1. The number of nitrogens with zero attached hydrogens (tertiary/aromatic N) is 6. The molecule has 160 valence electrons. The smallest absolute Gasteiger partial charge is 0.350 e. The Balaban J connectivity index is 1.47. The molecule has 11 heteroatoms. The van der Waals surface area contributed by atoms with Crippen molar-refractivity contribution in [2.24, 2.45) is 12.8 Å². The highest BCUT2D eigenvalue weighted by Gasteiger charge is 2.34. The number of carbonyl (C=O) groups excluding carboxylic acids is 2. The first-order valence-electron chi connectivity index (χ1n) is 10.00. The minimum absolute atomic E-state index is 0.221. The molecule has 1 fully saturated rings. The van der Waals surface area contributed by atoms with E-state index in [2.05, 4.69) is 10.1 Å². The van der Waals surface area contributed by atoms with Gasteiger partial charge in [0.25, 0.3) is 5.91 Å². The second-order valence-electron chi connectivity index (χ2n) is 7.62. The lowest BCUT2D eigenvalue weighted by atomic mass is 10.1. The van der Waals surface area contributed by atoms with E-state index in [1.165, 1.54) is 20.2 Å². The number of nitrogens with two attached hydrogens (primary N) is 1. The normalized spacial score (nSPS) is 18.2. The predicted molar refractivity (Wildman–Crippen MR) is 110 cm³/mol. The lowest BCUT2D eigenvalue weighted by Gasteiger charge is -2.30. The third-order valence-corrected chi connectivity index (χ3v) is 5.72. The number of pyridine rings is 2. The molecule has 5 heterocycles. The van der Waals surface area contributed by atoms with Gasteiger partial charge < -0.3 is 20.3 Å². The van der Waals surface area contributed by atoms with Crippen LogP contribution in [0.3, 0.4) is 0 Å². The molecule has 0 unspecified atom stereocenters. The third-order valence-electron chi connectivity index (χ3n) is 5.72. The molecular weight excluding hydrogens is 402 g/mol. The number of carbonyl (C=O) groups is 2. The highest BCUT2D eigenvalue weighted by atomic mass is 16.5. The van der Waals surface area contributed by atoms with E-state index in [4.69, 9.17) is 10.5 Å². The van der Waals surface area contributed by atoms with E-state index in [0.29, 0.717) is 48.9 Å². The number of rotatable bonds is 3. The molecule has 0 aliphatic carbocycles. The van der Waals surface area contributed by atoms with Crippen molar-refractivity contribution in [3.8, 4) is 5.75 Å². The number of hydrogen-bond acceptors (Lipinski definition) is 7. The lowest BCUT2D eigenvalue weighted by Crippen LogP contribution is -2.43. The largest absolute Gasteiger partial charge is 0.488 e. The molecule has 1 saturated heterocycles. The van der Waals surface area contributed by atoms with Crippen molar-refractivity contribution < 1.29 is 14.3 Å². The minimum atomic E-state index is -0.588. The molecule has 2 aliphatic heterocycles. The van der Waals surface area contributed by atoms with Crippen LogP contribution in [0.15, 0.2) is 35.4 Å². The van der Waals surface area contributed by atoms with Gasteiger partial charge in [0.15, 0.2) is 17.2 Å². The Kier molecular flexibility index (Phi) is 4.38. The van der Waals surface area contributed by atoms with Crippen LogP contribution in [0, 0.1) is 0 Å². The van der Waals surface area contributed by atoms with Crippen molar-refractivity contribution in [1.29, 1.82) is 0 Å². The van der Waals surface area contributed by atoms with Gasteiger partial charge in [-0.1, -0.05) is 0 Å². The van der Waals surface area contributed by atoms with Crippen LogP contribution in [0.2, 0.25) is 0 Å². The minimum Gasteiger partial charge on any atom is -0.488 e. The van der Waals surface area contributed by atoms with Crippen LogP contribution in [0.1, 0.15) is 23.2 Å². The Labute approximate surface area is 176 Å². The van der Waals surface area contributed by atoms with Crippen molar-refractivity contribution in [3.63, 3.8) is 0 Å². The average molecular weight is 423 g/mol. The molecular formula is C20H21N7O4. The molecule has 0 saturated carbocycles. The summed E-state index contributed by atoms with van der Waals surface area (Å²) in [5.41, 5.74) is 6.90. The highest BCUT2D eigenvalue weighted by Crippen LogP contribution is 2.36. The summed E-state index contributed by atoms with van der Waals surface area (Å²) in [6, 6.07) is 4.68. The molecule has 2 amide bonds. The molecule has 2 aliphatic rings. The summed E-state index contributed by atoms with van der Waals surface area (Å²) in [5.74, 6) is 0.262. The summed E-state index contributed by atoms with van der Waals surface area (Å²) < 4.78 is 8.51. The van der Waals surface area contributed by atoms with Crippen LogP contribution in [0.4, 0.5) is 11.5 Å². The number of likely N-dealkylation sites (tertiary alicyclic amines) is 1. The van der Waals surface area contributed by atoms with Crippen molar-refractivity contribution in [1.82, 2.24) is 24.1 Å². The fourth-order valence-electron chi connectivity index (χ4n) is 4.18. The van der Waals surface area contributed by atoms with Gasteiger partial charge in [0, 0.05) is 37.7 Å². The van der Waals surface area contributed by atoms with Gasteiger partial charge in [0.2, 0.25) is 5.91 Å². The molecule has 31 heavy (non-hydrogen) atoms. The van der Waals surface area contributed by atoms with Crippen LogP contribution < -0.4 is 21.1 Å². The number of primary amides is 1. The predicted octanol–water partition coefficient (Wildman–Crippen LogP) is 0.0484. The third kappa shape index (κ3) is 3.09. The summed E-state index contributed by atoms with van der Waals surface area (Å²) in [6.45, 7) is 1.44. The molecule has 0 aromatic carbocycles. The number of aryl methyl sites for hydroxylation is 1. The molecule has 0 bridgehead atoms. The maximum Gasteiger partial charge on any atom is 0.350 e. The quantitative estimate of drug-likeness (QED) is 0.630. The van der Waals surface area contributed by atoms with Crippen LogP contribution >= 0.6 is 0 Å². The van der Waals surface area contributed by atoms with Crippen LogP contribution in [0.5, 0.6) is 5.75 Å². The standard InChI is InChI=1S/C20H21N7O4/c1-24-20(30)27-6-4-13(10-16(27)23-24)25-7-8-31-15-9-12(11-22-18(15)25)19(29)26-5-2-3-14(26)17(21)28/h4,6,9-11,14H,2-3,5,7-8H2,1H3,(H2,21,28)/t14-/m0/s1. The van der Waals surface area contributed by atoms with Gasteiger partial charge in [-0.2, -0.15) is 5.10 Å². The summed E-state index contributed by atoms with van der Waals surface area (Å²) in [6.07, 6.45) is 4.47. The van der Waals surface area contributed by atoms with E-state index >= 15 is 0 Å². The van der Waals surface area contributed by atoms with Gasteiger partial charge in [-0.3, -0.25) is 14.0 Å². The van der Waals surface area contributed by atoms with Gasteiger partial charge in [-0.25, -0.2) is 14.5 Å². The zero-order valence-electron chi connectivity index (χ0n) is 16.9. The maximum atomic E-state index is 12.9. The summed E-state index contributed by atoms with van der Waals surface area (Å²) in [5, 5.41) is 4.23. The van der Waals surface area contributed by atoms with Crippen LogP contribution in [-0.2, 0) is 11.8 Å². The van der Waals surface area contributed by atoms with Gasteiger partial charge in [-0.05, 0) is 25.0 Å². The van der Waals surface area contributed by atoms with Crippen LogP contribution in [-0.4, -0.2) is 61.6 Å². The SMILES string of the molecule is Cn1nc2cc(N3CCOc4cc(C(=O)N5CCC[C@H]5C(N)=O)cnc43)ccn2c1=O. The monoisotopic (exact) mass is 423 g/mol. The number of aromatic nitrogens is 4. The number of hydrogen-bond donors (Lipinski definition) is 1. The van der Waals surface area contributed by atoms with Gasteiger partial charge in [0.05, 0.1) is 12.1 Å². The van der Waals surface area contributed by atoms with Crippen LogP contribution in [0.25, 0.3) is 5.65 Å². The Morgan fingerprint density at radius 1 is 1.26 bits per heavy atom. The topological polar surface area (TPSA) is 128 Å². The molecule has 3 aromatic rings. The second-order valence-corrected chi connectivity index (χ2v) is 7.62. The fourth-order valence-corrected chi connectivity index (χ4v) is 4.18. The Bertz CT molecular complexity index is 1260. The molecule has 3 aromatic heterocycles. The van der Waals surface area contributed by atoms with E-state index in [1.54, 1.807) is 25.4 Å². The van der Waals surface area contributed by atoms with E-state index < -0.39 is 11.9 Å². The van der Waals surface area contributed by atoms with E-state index in [-0.39, 0.29) is 11.6 Å². The van der Waals surface area contributed by atoms with Gasteiger partial charge >= 0.3 is 5.69 Å². The number of ether oxygens (including phenoxy) is 1. The first-order chi connectivity index (χ1) is 14.9. The van der Waals surface area contributed by atoms with E-state index in [0.717, 1.165) is 12.1 Å². The fraction of sp³-hybridized carbons (Fsp3) is 0.350. The molecule has 1 atom stereocenters. The molecule has 11 nitrogen and oxygen atoms in total. The summed E-state index contributed by atoms with van der Waals surface area (Å²) in [4.78, 5) is 44.6. The number of anilines is 2. The lowest BCUT2D eigenvalue weighted by molar-refractivity contribution is -0.121. The molecule has 0 radical (unpaired) electrons. The van der Waals surface area contributed by atoms with E-state index in [1.807, 2.05) is 11.0 Å². The molecule has 5 rings (SSSR count). The number of fused-ring (bicyclic) bond motifs is 2. The Hall–Kier alpha value is -3.89. The van der Waals surface area contributed by atoms with Gasteiger partial charge in [0.1, 0.15) is 12.6 Å². The van der Waals surface area contributed by atoms with Gasteiger partial charge in [-0.15, -0.1) is 0 Å². The number of amides is 2. The Morgan fingerprint density at radius 3 is 2.90 bits per heavy atom. The highest BCUT2D eigenvalue weighted by molar-refractivity contribution is 5.98. The van der Waals surface area contributed by atoms with E-state index in [9.17, 15) is 14.4 Å². The summed E-state index contributed by atoms with van der Waals surface area (Å²) in [7, 11) is 1.60. The zero-order valence-corrected chi connectivity index (χ0v) is 16.9. The van der Waals surface area contributed by atoms with Crippen molar-refractivity contribution >= 4 is 29.0 Å². The summed E-state index contributed by atoms with van der Waals surface area (Å²) >= 11 is 0. The zero-order chi connectivity index (χ0) is 21.7. The molecule has 2 N–H and O–H groups in total. The molecule has 0 spiro atoms.